The maximum Gasteiger partial charge on any atom is 0.326 e. The standard InChI is InChI=1S/C19H25ClN2O5/c1-11(2)8-16(23)21-13-5-6-15(20)14(9-13)18(24)22-17(19(25)26)12-4-3-7-27-10-12/h5-6,9,11-12,17H,3-4,7-8,10H2,1-2H3,(H,21,23)(H,22,24)(H,25,26). The molecule has 8 heteroatoms. The molecule has 148 valence electrons. The third-order valence-corrected chi connectivity index (χ3v) is 4.64. The first-order chi connectivity index (χ1) is 12.8. The van der Waals surface area contributed by atoms with Crippen molar-refractivity contribution in [3.8, 4) is 0 Å². The Morgan fingerprint density at radius 3 is 2.67 bits per heavy atom. The van der Waals surface area contributed by atoms with Crippen molar-refractivity contribution in [3.63, 3.8) is 0 Å². The van der Waals surface area contributed by atoms with Gasteiger partial charge in [0.05, 0.1) is 17.2 Å². The predicted octanol–water partition coefficient (Wildman–Crippen LogP) is 2.93. The van der Waals surface area contributed by atoms with Crippen LogP contribution in [0, 0.1) is 11.8 Å². The summed E-state index contributed by atoms with van der Waals surface area (Å²) in [4.78, 5) is 36.2. The quantitative estimate of drug-likeness (QED) is 0.657. The van der Waals surface area contributed by atoms with Crippen molar-refractivity contribution in [2.24, 2.45) is 11.8 Å². The molecule has 0 bridgehead atoms. The van der Waals surface area contributed by atoms with Gasteiger partial charge >= 0.3 is 5.97 Å². The number of ether oxygens (including phenoxy) is 1. The molecule has 0 spiro atoms. The Hall–Kier alpha value is -2.12. The first kappa shape index (κ1) is 21.2. The fraction of sp³-hybridized carbons (Fsp3) is 0.526. The Bertz CT molecular complexity index is 701. The molecule has 2 unspecified atom stereocenters. The van der Waals surface area contributed by atoms with Crippen molar-refractivity contribution < 1.29 is 24.2 Å². The molecule has 7 nitrogen and oxygen atoms in total. The molecule has 1 aromatic carbocycles. The summed E-state index contributed by atoms with van der Waals surface area (Å²) < 4.78 is 5.33. The summed E-state index contributed by atoms with van der Waals surface area (Å²) in [5.41, 5.74) is 0.546. The summed E-state index contributed by atoms with van der Waals surface area (Å²) in [6, 6.07) is 3.49. The van der Waals surface area contributed by atoms with E-state index in [0.29, 0.717) is 25.1 Å². The number of hydrogen-bond donors (Lipinski definition) is 3. The highest BCUT2D eigenvalue weighted by molar-refractivity contribution is 6.34. The number of carboxylic acid groups (broad SMARTS) is 1. The van der Waals surface area contributed by atoms with Crippen LogP contribution in [0.1, 0.15) is 43.5 Å². The summed E-state index contributed by atoms with van der Waals surface area (Å²) >= 11 is 6.12. The van der Waals surface area contributed by atoms with Crippen LogP contribution in [0.25, 0.3) is 0 Å². The molecule has 2 atom stereocenters. The Labute approximate surface area is 163 Å². The summed E-state index contributed by atoms with van der Waals surface area (Å²) in [6.07, 6.45) is 1.77. The van der Waals surface area contributed by atoms with Gasteiger partial charge in [0, 0.05) is 24.6 Å². The SMILES string of the molecule is CC(C)CC(=O)Nc1ccc(Cl)c(C(=O)NC(C(=O)O)C2CCCOC2)c1. The van der Waals surface area contributed by atoms with E-state index in [1.54, 1.807) is 6.07 Å². The summed E-state index contributed by atoms with van der Waals surface area (Å²) in [7, 11) is 0. The molecule has 1 aliphatic rings. The van der Waals surface area contributed by atoms with Crippen LogP contribution in [-0.2, 0) is 14.3 Å². The highest BCUT2D eigenvalue weighted by Gasteiger charge is 2.32. The largest absolute Gasteiger partial charge is 0.480 e. The third kappa shape index (κ3) is 6.22. The van der Waals surface area contributed by atoms with Gasteiger partial charge in [-0.2, -0.15) is 0 Å². The molecule has 0 aliphatic carbocycles. The molecule has 1 aromatic rings. The first-order valence-electron chi connectivity index (χ1n) is 8.98. The molecule has 0 saturated carbocycles. The number of carbonyl (C=O) groups excluding carboxylic acids is 2. The van der Waals surface area contributed by atoms with E-state index >= 15 is 0 Å². The molecule has 2 rings (SSSR count). The minimum Gasteiger partial charge on any atom is -0.480 e. The van der Waals surface area contributed by atoms with Gasteiger partial charge in [0.15, 0.2) is 0 Å². The molecule has 1 saturated heterocycles. The van der Waals surface area contributed by atoms with E-state index in [9.17, 15) is 19.5 Å². The van der Waals surface area contributed by atoms with E-state index in [1.807, 2.05) is 13.8 Å². The maximum absolute atomic E-state index is 12.6. The second kappa shape index (κ2) is 9.71. The minimum atomic E-state index is -1.11. The number of aliphatic carboxylic acids is 1. The number of hydrogen-bond acceptors (Lipinski definition) is 4. The lowest BCUT2D eigenvalue weighted by atomic mass is 9.93. The highest BCUT2D eigenvalue weighted by Crippen LogP contribution is 2.23. The van der Waals surface area contributed by atoms with Gasteiger partial charge in [-0.1, -0.05) is 25.4 Å². The van der Waals surface area contributed by atoms with Gasteiger partial charge in [0.2, 0.25) is 5.91 Å². The zero-order valence-electron chi connectivity index (χ0n) is 15.5. The zero-order chi connectivity index (χ0) is 20.0. The maximum atomic E-state index is 12.6. The van der Waals surface area contributed by atoms with Gasteiger partial charge in [0.25, 0.3) is 5.91 Å². The monoisotopic (exact) mass is 396 g/mol. The van der Waals surface area contributed by atoms with E-state index in [4.69, 9.17) is 16.3 Å². The molecule has 1 heterocycles. The van der Waals surface area contributed by atoms with Crippen LogP contribution in [0.2, 0.25) is 5.02 Å². The molecule has 1 aliphatic heterocycles. The lowest BCUT2D eigenvalue weighted by Gasteiger charge is -2.28. The van der Waals surface area contributed by atoms with E-state index in [-0.39, 0.29) is 34.9 Å². The predicted molar refractivity (Wildman–Crippen MR) is 102 cm³/mol. The highest BCUT2D eigenvalue weighted by atomic mass is 35.5. The number of rotatable bonds is 7. The van der Waals surface area contributed by atoms with Gasteiger partial charge in [-0.3, -0.25) is 9.59 Å². The number of halogens is 1. The molecule has 0 aromatic heterocycles. The van der Waals surface area contributed by atoms with E-state index < -0.39 is 17.9 Å². The lowest BCUT2D eigenvalue weighted by molar-refractivity contribution is -0.142. The Morgan fingerprint density at radius 1 is 1.33 bits per heavy atom. The van der Waals surface area contributed by atoms with E-state index in [0.717, 1.165) is 6.42 Å². The van der Waals surface area contributed by atoms with Crippen molar-refractivity contribution in [2.75, 3.05) is 18.5 Å². The number of benzene rings is 1. The summed E-state index contributed by atoms with van der Waals surface area (Å²) in [5, 5.41) is 14.9. The second-order valence-corrected chi connectivity index (χ2v) is 7.51. The molecule has 27 heavy (non-hydrogen) atoms. The minimum absolute atomic E-state index is 0.113. The smallest absolute Gasteiger partial charge is 0.326 e. The number of nitrogens with one attached hydrogen (secondary N) is 2. The molecule has 3 N–H and O–H groups in total. The van der Waals surface area contributed by atoms with Gasteiger partial charge in [0.1, 0.15) is 6.04 Å². The van der Waals surface area contributed by atoms with Crippen LogP contribution in [0.4, 0.5) is 5.69 Å². The summed E-state index contributed by atoms with van der Waals surface area (Å²) in [5.74, 6) is -1.97. The van der Waals surface area contributed by atoms with Crippen LogP contribution in [-0.4, -0.2) is 42.1 Å². The number of carboxylic acids is 1. The number of anilines is 1. The van der Waals surface area contributed by atoms with Crippen LogP contribution >= 0.6 is 11.6 Å². The van der Waals surface area contributed by atoms with Crippen molar-refractivity contribution in [1.29, 1.82) is 0 Å². The average molecular weight is 397 g/mol. The molecular formula is C19H25ClN2O5. The van der Waals surface area contributed by atoms with Crippen molar-refractivity contribution in [3.05, 3.63) is 28.8 Å². The van der Waals surface area contributed by atoms with Crippen molar-refractivity contribution in [2.45, 2.75) is 39.2 Å². The van der Waals surface area contributed by atoms with Crippen molar-refractivity contribution in [1.82, 2.24) is 5.32 Å². The lowest BCUT2D eigenvalue weighted by Crippen LogP contribution is -2.48. The molecule has 2 amide bonds. The average Bonchev–Trinajstić information content (AvgIpc) is 2.60. The van der Waals surface area contributed by atoms with Crippen LogP contribution in [0.3, 0.4) is 0 Å². The van der Waals surface area contributed by atoms with Gasteiger partial charge in [-0.15, -0.1) is 0 Å². The van der Waals surface area contributed by atoms with E-state index in [2.05, 4.69) is 10.6 Å². The fourth-order valence-electron chi connectivity index (χ4n) is 2.99. The van der Waals surface area contributed by atoms with Crippen LogP contribution in [0.15, 0.2) is 18.2 Å². The van der Waals surface area contributed by atoms with Gasteiger partial charge < -0.3 is 20.5 Å². The number of amides is 2. The van der Waals surface area contributed by atoms with Crippen molar-refractivity contribution >= 4 is 35.1 Å². The normalized spacial score (nSPS) is 18.0. The topological polar surface area (TPSA) is 105 Å². The van der Waals surface area contributed by atoms with E-state index in [1.165, 1.54) is 12.1 Å². The summed E-state index contributed by atoms with van der Waals surface area (Å²) in [6.45, 7) is 4.75. The molecule has 0 radical (unpaired) electrons. The third-order valence-electron chi connectivity index (χ3n) is 4.31. The van der Waals surface area contributed by atoms with Gasteiger partial charge in [-0.25, -0.2) is 4.79 Å². The van der Waals surface area contributed by atoms with Crippen LogP contribution in [0.5, 0.6) is 0 Å². The second-order valence-electron chi connectivity index (χ2n) is 7.11. The Kier molecular flexibility index (Phi) is 7.62. The van der Waals surface area contributed by atoms with Crippen LogP contribution < -0.4 is 10.6 Å². The fourth-order valence-corrected chi connectivity index (χ4v) is 3.19. The Morgan fingerprint density at radius 2 is 2.07 bits per heavy atom. The molecule has 1 fully saturated rings. The van der Waals surface area contributed by atoms with Gasteiger partial charge in [-0.05, 0) is 37.0 Å². The molecular weight excluding hydrogens is 372 g/mol. The number of carbonyl (C=O) groups is 3. The first-order valence-corrected chi connectivity index (χ1v) is 9.36. The Balaban J connectivity index is 2.12. The zero-order valence-corrected chi connectivity index (χ0v) is 16.2.